The molecule has 1 fully saturated rings. The molecule has 0 unspecified atom stereocenters. The number of amides is 1. The molecule has 1 aliphatic heterocycles. The van der Waals surface area contributed by atoms with E-state index in [0.717, 1.165) is 12.1 Å². The molecule has 0 saturated carbocycles. The van der Waals surface area contributed by atoms with Crippen molar-refractivity contribution in [2.24, 2.45) is 0 Å². The molecule has 0 atom stereocenters. The Balaban J connectivity index is 1.52. The number of nitrogens with zero attached hydrogens (tertiary/aromatic N) is 2. The Bertz CT molecular complexity index is 802. The highest BCUT2D eigenvalue weighted by Crippen LogP contribution is 2.31. The molecule has 1 heterocycles. The van der Waals surface area contributed by atoms with Gasteiger partial charge in [0.1, 0.15) is 5.82 Å². The summed E-state index contributed by atoms with van der Waals surface area (Å²) in [6, 6.07) is 10.9. The molecule has 2 aromatic rings. The maximum Gasteiger partial charge on any atom is 0.416 e. The zero-order chi connectivity index (χ0) is 19.4. The van der Waals surface area contributed by atoms with E-state index in [1.807, 2.05) is 9.80 Å². The normalized spacial score (nSPS) is 15.6. The van der Waals surface area contributed by atoms with Crippen LogP contribution in [0.25, 0.3) is 0 Å². The molecule has 2 aromatic carbocycles. The zero-order valence-electron chi connectivity index (χ0n) is 14.5. The minimum absolute atomic E-state index is 0.146. The second-order valence-corrected chi connectivity index (χ2v) is 6.37. The fourth-order valence-electron chi connectivity index (χ4n) is 3.01. The first-order valence-electron chi connectivity index (χ1n) is 8.51. The molecule has 27 heavy (non-hydrogen) atoms. The molecular weight excluding hydrogens is 362 g/mol. The van der Waals surface area contributed by atoms with Crippen LogP contribution in [-0.2, 0) is 11.0 Å². The van der Waals surface area contributed by atoms with Gasteiger partial charge < -0.3 is 10.2 Å². The SMILES string of the molecule is O=C(CN1CCN(c2cccc(C(F)(F)F)c2)CC1)Nc1cccc(F)c1. The van der Waals surface area contributed by atoms with Crippen LogP contribution in [0.1, 0.15) is 5.56 Å². The van der Waals surface area contributed by atoms with Crippen molar-refractivity contribution in [3.05, 3.63) is 59.9 Å². The standard InChI is InChI=1S/C19H19F4N3O/c20-15-4-2-5-16(12-15)24-18(27)13-25-7-9-26(10-8-25)17-6-1-3-14(11-17)19(21,22)23/h1-6,11-12H,7-10,13H2,(H,24,27). The lowest BCUT2D eigenvalue weighted by Crippen LogP contribution is -2.48. The summed E-state index contributed by atoms with van der Waals surface area (Å²) in [6.45, 7) is 2.29. The first kappa shape index (κ1) is 19.2. The number of alkyl halides is 3. The molecule has 0 radical (unpaired) electrons. The van der Waals surface area contributed by atoms with Gasteiger partial charge in [-0.1, -0.05) is 12.1 Å². The Morgan fingerprint density at radius 1 is 1.00 bits per heavy atom. The molecular formula is C19H19F4N3O. The van der Waals surface area contributed by atoms with Gasteiger partial charge in [-0.3, -0.25) is 9.69 Å². The van der Waals surface area contributed by atoms with Crippen molar-refractivity contribution in [3.63, 3.8) is 0 Å². The van der Waals surface area contributed by atoms with E-state index in [9.17, 15) is 22.4 Å². The summed E-state index contributed by atoms with van der Waals surface area (Å²) in [5, 5.41) is 2.64. The minimum Gasteiger partial charge on any atom is -0.369 e. The Morgan fingerprint density at radius 3 is 2.37 bits per heavy atom. The molecule has 8 heteroatoms. The minimum atomic E-state index is -4.37. The number of anilines is 2. The molecule has 1 saturated heterocycles. The van der Waals surface area contributed by atoms with Crippen molar-refractivity contribution < 1.29 is 22.4 Å². The van der Waals surface area contributed by atoms with Crippen LogP contribution in [0.15, 0.2) is 48.5 Å². The maximum absolute atomic E-state index is 13.1. The van der Waals surface area contributed by atoms with Crippen molar-refractivity contribution in [2.75, 3.05) is 42.9 Å². The number of carbonyl (C=O) groups is 1. The molecule has 144 valence electrons. The van der Waals surface area contributed by atoms with Gasteiger partial charge in [-0.15, -0.1) is 0 Å². The van der Waals surface area contributed by atoms with Gasteiger partial charge in [0.25, 0.3) is 0 Å². The third-order valence-electron chi connectivity index (χ3n) is 4.39. The van der Waals surface area contributed by atoms with E-state index in [4.69, 9.17) is 0 Å². The van der Waals surface area contributed by atoms with Crippen LogP contribution in [-0.4, -0.2) is 43.5 Å². The van der Waals surface area contributed by atoms with Crippen LogP contribution in [0.4, 0.5) is 28.9 Å². The summed E-state index contributed by atoms with van der Waals surface area (Å²) in [5.41, 5.74) is 0.244. The van der Waals surface area contributed by atoms with Crippen LogP contribution in [0.3, 0.4) is 0 Å². The lowest BCUT2D eigenvalue weighted by atomic mass is 10.1. The zero-order valence-corrected chi connectivity index (χ0v) is 14.5. The fraction of sp³-hybridized carbons (Fsp3) is 0.316. The fourth-order valence-corrected chi connectivity index (χ4v) is 3.01. The van der Waals surface area contributed by atoms with Crippen LogP contribution in [0, 0.1) is 5.82 Å². The van der Waals surface area contributed by atoms with Gasteiger partial charge in [0.05, 0.1) is 12.1 Å². The smallest absolute Gasteiger partial charge is 0.369 e. The molecule has 1 N–H and O–H groups in total. The summed E-state index contributed by atoms with van der Waals surface area (Å²) in [7, 11) is 0. The predicted octanol–water partition coefficient (Wildman–Crippen LogP) is 3.61. The van der Waals surface area contributed by atoms with E-state index in [2.05, 4.69) is 5.32 Å². The average Bonchev–Trinajstić information content (AvgIpc) is 2.62. The number of rotatable bonds is 4. The molecule has 1 amide bonds. The summed E-state index contributed by atoms with van der Waals surface area (Å²) in [6.07, 6.45) is -4.37. The number of benzene rings is 2. The van der Waals surface area contributed by atoms with Crippen molar-refractivity contribution >= 4 is 17.3 Å². The molecule has 0 bridgehead atoms. The monoisotopic (exact) mass is 381 g/mol. The second kappa shape index (κ2) is 7.96. The van der Waals surface area contributed by atoms with Crippen molar-refractivity contribution in [3.8, 4) is 0 Å². The summed E-state index contributed by atoms with van der Waals surface area (Å²) >= 11 is 0. The van der Waals surface area contributed by atoms with Gasteiger partial charge in [0.15, 0.2) is 0 Å². The number of nitrogens with one attached hydrogen (secondary N) is 1. The van der Waals surface area contributed by atoms with Gasteiger partial charge >= 0.3 is 6.18 Å². The number of hydrogen-bond donors (Lipinski definition) is 1. The van der Waals surface area contributed by atoms with Crippen LogP contribution in [0.2, 0.25) is 0 Å². The molecule has 0 spiro atoms. The predicted molar refractivity (Wildman–Crippen MR) is 95.1 cm³/mol. The van der Waals surface area contributed by atoms with Crippen molar-refractivity contribution in [1.82, 2.24) is 4.90 Å². The van der Waals surface area contributed by atoms with E-state index >= 15 is 0 Å². The lowest BCUT2D eigenvalue weighted by molar-refractivity contribution is -0.137. The quantitative estimate of drug-likeness (QED) is 0.822. The van der Waals surface area contributed by atoms with Crippen LogP contribution < -0.4 is 10.2 Å². The molecule has 0 aromatic heterocycles. The first-order valence-corrected chi connectivity index (χ1v) is 8.51. The molecule has 0 aliphatic carbocycles. The van der Waals surface area contributed by atoms with Gasteiger partial charge in [-0.05, 0) is 36.4 Å². The highest BCUT2D eigenvalue weighted by atomic mass is 19.4. The summed E-state index contributed by atoms with van der Waals surface area (Å²) in [4.78, 5) is 15.9. The van der Waals surface area contributed by atoms with Crippen molar-refractivity contribution in [1.29, 1.82) is 0 Å². The summed E-state index contributed by atoms with van der Waals surface area (Å²) < 4.78 is 51.7. The van der Waals surface area contributed by atoms with Gasteiger partial charge in [0, 0.05) is 37.6 Å². The molecule has 1 aliphatic rings. The highest BCUT2D eigenvalue weighted by molar-refractivity contribution is 5.92. The Labute approximate surface area is 154 Å². The van der Waals surface area contributed by atoms with Crippen molar-refractivity contribution in [2.45, 2.75) is 6.18 Å². The Morgan fingerprint density at radius 2 is 1.70 bits per heavy atom. The Kier molecular flexibility index (Phi) is 5.65. The molecule has 3 rings (SSSR count). The maximum atomic E-state index is 13.1. The van der Waals surface area contributed by atoms with Crippen LogP contribution >= 0.6 is 0 Å². The topological polar surface area (TPSA) is 35.6 Å². The van der Waals surface area contributed by atoms with Gasteiger partial charge in [-0.25, -0.2) is 4.39 Å². The summed E-state index contributed by atoms with van der Waals surface area (Å²) in [5.74, 6) is -0.685. The number of hydrogen-bond acceptors (Lipinski definition) is 3. The number of halogens is 4. The van der Waals surface area contributed by atoms with E-state index < -0.39 is 17.6 Å². The van der Waals surface area contributed by atoms with Gasteiger partial charge in [-0.2, -0.15) is 13.2 Å². The molecule has 4 nitrogen and oxygen atoms in total. The Hall–Kier alpha value is -2.61. The van der Waals surface area contributed by atoms with Gasteiger partial charge in [0.2, 0.25) is 5.91 Å². The second-order valence-electron chi connectivity index (χ2n) is 6.37. The third kappa shape index (κ3) is 5.19. The lowest BCUT2D eigenvalue weighted by Gasteiger charge is -2.36. The third-order valence-corrected chi connectivity index (χ3v) is 4.39. The average molecular weight is 381 g/mol. The largest absolute Gasteiger partial charge is 0.416 e. The van der Waals surface area contributed by atoms with E-state index in [0.29, 0.717) is 37.6 Å². The first-order chi connectivity index (χ1) is 12.8. The van der Waals surface area contributed by atoms with E-state index in [-0.39, 0.29) is 12.5 Å². The highest BCUT2D eigenvalue weighted by Gasteiger charge is 2.31. The number of piperazine rings is 1. The number of carbonyl (C=O) groups excluding carboxylic acids is 1. The van der Waals surface area contributed by atoms with Crippen LogP contribution in [0.5, 0.6) is 0 Å². The van der Waals surface area contributed by atoms with E-state index in [1.165, 1.54) is 24.3 Å². The van der Waals surface area contributed by atoms with E-state index in [1.54, 1.807) is 12.1 Å².